The van der Waals surface area contributed by atoms with E-state index in [0.717, 1.165) is 11.0 Å². The van der Waals surface area contributed by atoms with Crippen LogP contribution in [0.25, 0.3) is 10.8 Å². The van der Waals surface area contributed by atoms with E-state index < -0.39 is 24.3 Å². The zero-order valence-electron chi connectivity index (χ0n) is 19.3. The van der Waals surface area contributed by atoms with Crippen molar-refractivity contribution in [3.8, 4) is 11.5 Å². The first-order valence-corrected chi connectivity index (χ1v) is 11.3. The molecule has 0 saturated heterocycles. The molecule has 6 nitrogen and oxygen atoms in total. The van der Waals surface area contributed by atoms with E-state index in [0.29, 0.717) is 40.7 Å². The molecule has 9 heteroatoms. The average Bonchev–Trinajstić information content (AvgIpc) is 3.15. The van der Waals surface area contributed by atoms with Gasteiger partial charge < -0.3 is 19.1 Å². The second-order valence-electron chi connectivity index (χ2n) is 7.94. The van der Waals surface area contributed by atoms with Crippen molar-refractivity contribution in [2.75, 3.05) is 18.1 Å². The van der Waals surface area contributed by atoms with Crippen molar-refractivity contribution >= 4 is 28.3 Å². The smallest absolute Gasteiger partial charge is 0.387 e. The molecule has 35 heavy (non-hydrogen) atoms. The number of rotatable bonds is 9. The van der Waals surface area contributed by atoms with Gasteiger partial charge in [0.15, 0.2) is 0 Å². The zero-order chi connectivity index (χ0) is 25.1. The molecular formula is C26H24F3NO5. The highest BCUT2D eigenvalue weighted by molar-refractivity contribution is 6.17. The van der Waals surface area contributed by atoms with Crippen molar-refractivity contribution in [1.82, 2.24) is 0 Å². The zero-order valence-corrected chi connectivity index (χ0v) is 19.3. The van der Waals surface area contributed by atoms with Gasteiger partial charge in [0.1, 0.15) is 17.3 Å². The minimum atomic E-state index is -3.16. The number of alkyl halides is 2. The normalized spacial score (nSPS) is 12.9. The Balaban J connectivity index is 1.80. The maximum atomic E-state index is 15.1. The van der Waals surface area contributed by atoms with Gasteiger partial charge in [-0.3, -0.25) is 9.59 Å². The third-order valence-corrected chi connectivity index (χ3v) is 5.61. The molecule has 0 bridgehead atoms. The molecule has 0 saturated carbocycles. The second-order valence-corrected chi connectivity index (χ2v) is 7.94. The number of esters is 1. The molecule has 1 amide bonds. The van der Waals surface area contributed by atoms with Crippen LogP contribution in [0.1, 0.15) is 41.8 Å². The number of fused-ring (bicyclic) bond motifs is 2. The van der Waals surface area contributed by atoms with Gasteiger partial charge in [-0.05, 0) is 31.0 Å². The molecule has 0 aromatic heterocycles. The van der Waals surface area contributed by atoms with E-state index in [2.05, 4.69) is 0 Å². The number of amides is 1. The molecule has 0 spiro atoms. The molecule has 184 valence electrons. The van der Waals surface area contributed by atoms with Crippen LogP contribution >= 0.6 is 0 Å². The Morgan fingerprint density at radius 1 is 1.09 bits per heavy atom. The summed E-state index contributed by atoms with van der Waals surface area (Å²) in [5, 5.41) is 0.827. The molecule has 0 N–H and O–H groups in total. The van der Waals surface area contributed by atoms with Gasteiger partial charge in [0.25, 0.3) is 5.91 Å². The van der Waals surface area contributed by atoms with Crippen molar-refractivity contribution in [1.29, 1.82) is 0 Å². The highest BCUT2D eigenvalue weighted by Gasteiger charge is 2.38. The quantitative estimate of drug-likeness (QED) is 0.366. The molecule has 0 atom stereocenters. The first-order valence-electron chi connectivity index (χ1n) is 11.3. The summed E-state index contributed by atoms with van der Waals surface area (Å²) < 4.78 is 57.5. The highest BCUT2D eigenvalue weighted by Crippen LogP contribution is 2.46. The summed E-state index contributed by atoms with van der Waals surface area (Å²) >= 11 is 0. The van der Waals surface area contributed by atoms with Crippen molar-refractivity contribution in [2.24, 2.45) is 0 Å². The van der Waals surface area contributed by atoms with Crippen LogP contribution in [0.2, 0.25) is 0 Å². The first kappa shape index (κ1) is 24.4. The Hall–Kier alpha value is -3.75. The number of halogens is 3. The summed E-state index contributed by atoms with van der Waals surface area (Å²) in [5.74, 6) is -1.79. The Morgan fingerprint density at radius 2 is 1.80 bits per heavy atom. The lowest BCUT2D eigenvalue weighted by Crippen LogP contribution is -2.24. The van der Waals surface area contributed by atoms with E-state index in [1.54, 1.807) is 31.2 Å². The Bertz CT molecular complexity index is 1280. The largest absolute Gasteiger partial charge is 0.493 e. The fourth-order valence-electron chi connectivity index (χ4n) is 4.20. The Labute approximate surface area is 200 Å². The van der Waals surface area contributed by atoms with Crippen LogP contribution < -0.4 is 14.4 Å². The van der Waals surface area contributed by atoms with E-state index in [4.69, 9.17) is 14.2 Å². The fourth-order valence-corrected chi connectivity index (χ4v) is 4.20. The predicted octanol–water partition coefficient (Wildman–Crippen LogP) is 5.64. The van der Waals surface area contributed by atoms with Crippen molar-refractivity contribution in [3.63, 3.8) is 0 Å². The topological polar surface area (TPSA) is 65.1 Å². The summed E-state index contributed by atoms with van der Waals surface area (Å²) in [5.41, 5.74) is 0.610. The van der Waals surface area contributed by atoms with Crippen molar-refractivity contribution < 1.29 is 37.0 Å². The molecule has 0 unspecified atom stereocenters. The summed E-state index contributed by atoms with van der Waals surface area (Å²) in [4.78, 5) is 26.4. The second kappa shape index (κ2) is 10.2. The number of nitrogens with zero attached hydrogens (tertiary/aromatic N) is 1. The van der Waals surface area contributed by atoms with Gasteiger partial charge in [-0.25, -0.2) is 4.39 Å². The number of hydrogen-bond donors (Lipinski definition) is 0. The van der Waals surface area contributed by atoms with Crippen LogP contribution in [0.15, 0.2) is 42.5 Å². The molecule has 3 aromatic carbocycles. The van der Waals surface area contributed by atoms with Crippen molar-refractivity contribution in [3.05, 3.63) is 65.0 Å². The number of carbonyl (C=O) groups is 2. The third kappa shape index (κ3) is 4.76. The van der Waals surface area contributed by atoms with Gasteiger partial charge >= 0.3 is 12.6 Å². The molecule has 0 fully saturated rings. The molecule has 0 aliphatic carbocycles. The van der Waals surface area contributed by atoms with Gasteiger partial charge in [0.05, 0.1) is 37.4 Å². The van der Waals surface area contributed by atoms with Gasteiger partial charge in [-0.1, -0.05) is 37.3 Å². The van der Waals surface area contributed by atoms with Crippen LogP contribution in [0.5, 0.6) is 11.5 Å². The van der Waals surface area contributed by atoms with Crippen LogP contribution in [0.4, 0.5) is 18.9 Å². The minimum Gasteiger partial charge on any atom is -0.493 e. The number of benzene rings is 3. The van der Waals surface area contributed by atoms with Gasteiger partial charge in [0.2, 0.25) is 0 Å². The Kier molecular flexibility index (Phi) is 7.14. The van der Waals surface area contributed by atoms with Gasteiger partial charge in [0, 0.05) is 16.3 Å². The first-order chi connectivity index (χ1) is 16.8. The maximum Gasteiger partial charge on any atom is 0.387 e. The number of carbonyl (C=O) groups excluding carboxylic acids is 2. The molecule has 1 aliphatic rings. The lowest BCUT2D eigenvalue weighted by molar-refractivity contribution is -0.142. The van der Waals surface area contributed by atoms with Gasteiger partial charge in [-0.2, -0.15) is 8.78 Å². The number of ether oxygens (including phenoxy) is 3. The third-order valence-electron chi connectivity index (χ3n) is 5.61. The summed E-state index contributed by atoms with van der Waals surface area (Å²) in [6, 6.07) is 10.7. The van der Waals surface area contributed by atoms with E-state index in [9.17, 15) is 18.4 Å². The average molecular weight is 487 g/mol. The van der Waals surface area contributed by atoms with Crippen LogP contribution in [-0.4, -0.2) is 31.7 Å². The molecule has 1 aliphatic heterocycles. The SMILES string of the molecule is CCCOc1c2c(c(OC(F)F)c3ccccc13)C(=O)N(c1ccc(CC(=O)OCC)cc1F)C2. The molecule has 0 radical (unpaired) electrons. The Morgan fingerprint density at radius 3 is 2.43 bits per heavy atom. The lowest BCUT2D eigenvalue weighted by atomic mass is 9.99. The summed E-state index contributed by atoms with van der Waals surface area (Å²) in [6.07, 6.45) is 0.568. The standard InChI is InChI=1S/C26H24F3NO5/c1-3-11-34-23-16-7-5-6-8-17(16)24(35-26(28)29)22-18(23)14-30(25(22)32)20-10-9-15(12-19(20)27)13-21(31)33-4-2/h5-10,12,26H,3-4,11,13-14H2,1-2H3. The maximum absolute atomic E-state index is 15.1. The van der Waals surface area contributed by atoms with E-state index in [-0.39, 0.29) is 36.6 Å². The number of hydrogen-bond acceptors (Lipinski definition) is 5. The lowest BCUT2D eigenvalue weighted by Gasteiger charge is -2.17. The number of anilines is 1. The monoisotopic (exact) mass is 487 g/mol. The molecule has 4 rings (SSSR count). The molecule has 1 heterocycles. The van der Waals surface area contributed by atoms with Crippen LogP contribution in [0, 0.1) is 5.82 Å². The van der Waals surface area contributed by atoms with Gasteiger partial charge in [-0.15, -0.1) is 0 Å². The summed E-state index contributed by atoms with van der Waals surface area (Å²) in [6.45, 7) is 0.890. The summed E-state index contributed by atoms with van der Waals surface area (Å²) in [7, 11) is 0. The van der Waals surface area contributed by atoms with Crippen LogP contribution in [0.3, 0.4) is 0 Å². The van der Waals surface area contributed by atoms with E-state index >= 15 is 4.39 Å². The predicted molar refractivity (Wildman–Crippen MR) is 124 cm³/mol. The highest BCUT2D eigenvalue weighted by atomic mass is 19.3. The molecule has 3 aromatic rings. The van der Waals surface area contributed by atoms with E-state index in [1.165, 1.54) is 12.1 Å². The molecular weight excluding hydrogens is 463 g/mol. The minimum absolute atomic E-state index is 0.0488. The fraction of sp³-hybridized carbons (Fsp3) is 0.308. The van der Waals surface area contributed by atoms with E-state index in [1.807, 2.05) is 6.92 Å². The van der Waals surface area contributed by atoms with Crippen LogP contribution in [-0.2, 0) is 22.5 Å². The van der Waals surface area contributed by atoms with Crippen molar-refractivity contribution in [2.45, 2.75) is 39.8 Å².